The number of aromatic hydroxyl groups is 2. The number of rotatable bonds is 1. The van der Waals surface area contributed by atoms with E-state index in [2.05, 4.69) is 21.2 Å². The maximum Gasteiger partial charge on any atom is 0.171 e. The van der Waals surface area contributed by atoms with E-state index in [0.717, 1.165) is 24.9 Å². The molecule has 0 bridgehead atoms. The van der Waals surface area contributed by atoms with Crippen LogP contribution in [-0.2, 0) is 0 Å². The molecule has 1 aromatic carbocycles. The van der Waals surface area contributed by atoms with Crippen molar-refractivity contribution in [1.82, 2.24) is 5.32 Å². The summed E-state index contributed by atoms with van der Waals surface area (Å²) < 4.78 is 0.543. The van der Waals surface area contributed by atoms with Crippen LogP contribution in [-0.4, -0.2) is 16.8 Å². The molecular formula is C10H12BrNO2. The quantitative estimate of drug-likeness (QED) is 0.677. The number of phenolic OH excluding ortho intramolecular Hbond substituents is 2. The number of hydrogen-bond acceptors (Lipinski definition) is 3. The van der Waals surface area contributed by atoms with Crippen molar-refractivity contribution >= 4 is 15.9 Å². The normalized spacial score (nSPS) is 21.4. The second-order valence-electron chi connectivity index (χ2n) is 3.52. The molecule has 1 fully saturated rings. The Bertz CT molecular complexity index is 325. The molecule has 0 spiro atoms. The van der Waals surface area contributed by atoms with Gasteiger partial charge in [-0.1, -0.05) is 0 Å². The van der Waals surface area contributed by atoms with Crippen LogP contribution in [0.3, 0.4) is 0 Å². The van der Waals surface area contributed by atoms with Gasteiger partial charge >= 0.3 is 0 Å². The van der Waals surface area contributed by atoms with Crippen LogP contribution in [0.5, 0.6) is 11.5 Å². The third kappa shape index (κ3) is 1.72. The van der Waals surface area contributed by atoms with Gasteiger partial charge in [0.2, 0.25) is 0 Å². The van der Waals surface area contributed by atoms with Gasteiger partial charge in [-0.25, -0.2) is 0 Å². The summed E-state index contributed by atoms with van der Waals surface area (Å²) in [4.78, 5) is 0. The van der Waals surface area contributed by atoms with Gasteiger partial charge < -0.3 is 15.5 Å². The van der Waals surface area contributed by atoms with E-state index in [0.29, 0.717) is 10.5 Å². The number of nitrogens with one attached hydrogen (secondary N) is 1. The number of phenols is 2. The van der Waals surface area contributed by atoms with Gasteiger partial charge in [0.1, 0.15) is 0 Å². The number of benzene rings is 1. The first kappa shape index (κ1) is 9.80. The van der Waals surface area contributed by atoms with Crippen molar-refractivity contribution in [3.05, 3.63) is 22.2 Å². The topological polar surface area (TPSA) is 52.5 Å². The molecule has 0 saturated carbocycles. The minimum absolute atomic E-state index is 0.0666. The van der Waals surface area contributed by atoms with Gasteiger partial charge in [-0.2, -0.15) is 0 Å². The van der Waals surface area contributed by atoms with Crippen molar-refractivity contribution in [3.8, 4) is 11.5 Å². The average Bonchev–Trinajstić information content (AvgIpc) is 2.66. The van der Waals surface area contributed by atoms with Crippen LogP contribution in [0, 0.1) is 0 Å². The van der Waals surface area contributed by atoms with E-state index in [1.54, 1.807) is 6.07 Å². The van der Waals surface area contributed by atoms with Crippen LogP contribution in [0.15, 0.2) is 16.6 Å². The van der Waals surface area contributed by atoms with Gasteiger partial charge in [0.15, 0.2) is 11.5 Å². The first-order chi connectivity index (χ1) is 6.68. The highest BCUT2D eigenvalue weighted by Crippen LogP contribution is 2.37. The summed E-state index contributed by atoms with van der Waals surface area (Å²) in [5.74, 6) is -0.158. The highest BCUT2D eigenvalue weighted by molar-refractivity contribution is 9.10. The van der Waals surface area contributed by atoms with Crippen LogP contribution in [0.4, 0.5) is 0 Å². The van der Waals surface area contributed by atoms with Crippen molar-refractivity contribution in [1.29, 1.82) is 0 Å². The fourth-order valence-electron chi connectivity index (χ4n) is 1.78. The van der Waals surface area contributed by atoms with Gasteiger partial charge in [-0.15, -0.1) is 0 Å². The first-order valence-electron chi connectivity index (χ1n) is 4.63. The molecular weight excluding hydrogens is 246 g/mol. The lowest BCUT2D eigenvalue weighted by Crippen LogP contribution is -2.12. The van der Waals surface area contributed by atoms with Crippen LogP contribution in [0.1, 0.15) is 24.4 Å². The third-order valence-corrected chi connectivity index (χ3v) is 3.13. The molecule has 1 aliphatic rings. The molecule has 2 rings (SSSR count). The zero-order valence-corrected chi connectivity index (χ0v) is 9.21. The lowest BCUT2D eigenvalue weighted by molar-refractivity contribution is 0.400. The second-order valence-corrected chi connectivity index (χ2v) is 4.37. The average molecular weight is 258 g/mol. The van der Waals surface area contributed by atoms with E-state index in [4.69, 9.17) is 0 Å². The van der Waals surface area contributed by atoms with Crippen molar-refractivity contribution in [2.75, 3.05) is 6.54 Å². The lowest BCUT2D eigenvalue weighted by atomic mass is 10.0. The molecule has 1 unspecified atom stereocenters. The number of hydrogen-bond donors (Lipinski definition) is 3. The Labute approximate surface area is 90.9 Å². The molecule has 1 aromatic rings. The monoisotopic (exact) mass is 257 g/mol. The largest absolute Gasteiger partial charge is 0.504 e. The van der Waals surface area contributed by atoms with Gasteiger partial charge in [-0.05, 0) is 53.0 Å². The smallest absolute Gasteiger partial charge is 0.171 e. The zero-order valence-electron chi connectivity index (χ0n) is 7.63. The molecule has 14 heavy (non-hydrogen) atoms. The van der Waals surface area contributed by atoms with Gasteiger partial charge in [0.05, 0.1) is 4.47 Å². The standard InChI is InChI=1S/C10H12BrNO2/c11-7-4-6(5-9(13)10(7)14)8-2-1-3-12-8/h4-5,8,12-14H,1-3H2. The molecule has 3 nitrogen and oxygen atoms in total. The molecule has 1 saturated heterocycles. The van der Waals surface area contributed by atoms with Crippen molar-refractivity contribution in [2.24, 2.45) is 0 Å². The first-order valence-corrected chi connectivity index (χ1v) is 5.42. The van der Waals surface area contributed by atoms with Gasteiger partial charge in [0.25, 0.3) is 0 Å². The van der Waals surface area contributed by atoms with E-state index in [1.807, 2.05) is 6.07 Å². The highest BCUT2D eigenvalue weighted by Gasteiger charge is 2.18. The van der Waals surface area contributed by atoms with Crippen LogP contribution >= 0.6 is 15.9 Å². The van der Waals surface area contributed by atoms with Crippen molar-refractivity contribution in [2.45, 2.75) is 18.9 Å². The molecule has 1 aliphatic heterocycles. The fourth-order valence-corrected chi connectivity index (χ4v) is 2.24. The van der Waals surface area contributed by atoms with Crippen LogP contribution in [0.25, 0.3) is 0 Å². The van der Waals surface area contributed by atoms with Crippen molar-refractivity contribution in [3.63, 3.8) is 0 Å². The Kier molecular flexibility index (Phi) is 2.65. The maximum atomic E-state index is 9.43. The Morgan fingerprint density at radius 1 is 1.36 bits per heavy atom. The molecule has 0 amide bonds. The van der Waals surface area contributed by atoms with E-state index < -0.39 is 0 Å². The Morgan fingerprint density at radius 3 is 2.71 bits per heavy atom. The summed E-state index contributed by atoms with van der Waals surface area (Å²) in [7, 11) is 0. The molecule has 0 aromatic heterocycles. The summed E-state index contributed by atoms with van der Waals surface area (Å²) in [6.07, 6.45) is 2.24. The van der Waals surface area contributed by atoms with E-state index in [-0.39, 0.29) is 11.5 Å². The van der Waals surface area contributed by atoms with E-state index in [1.165, 1.54) is 0 Å². The molecule has 3 N–H and O–H groups in total. The second kappa shape index (κ2) is 3.79. The summed E-state index contributed by atoms with van der Waals surface area (Å²) >= 11 is 3.21. The molecule has 76 valence electrons. The summed E-state index contributed by atoms with van der Waals surface area (Å²) in [5.41, 5.74) is 1.02. The number of halogens is 1. The predicted octanol–water partition coefficient (Wildman–Crippen LogP) is 2.28. The Balaban J connectivity index is 2.34. The van der Waals surface area contributed by atoms with E-state index in [9.17, 15) is 10.2 Å². The van der Waals surface area contributed by atoms with Gasteiger partial charge in [-0.3, -0.25) is 0 Å². The maximum absolute atomic E-state index is 9.43. The molecule has 4 heteroatoms. The van der Waals surface area contributed by atoms with E-state index >= 15 is 0 Å². The fraction of sp³-hybridized carbons (Fsp3) is 0.400. The van der Waals surface area contributed by atoms with Gasteiger partial charge in [0, 0.05) is 6.04 Å². The summed E-state index contributed by atoms with van der Waals surface area (Å²) in [5, 5.41) is 22.1. The zero-order chi connectivity index (χ0) is 10.1. The summed E-state index contributed by atoms with van der Waals surface area (Å²) in [6.45, 7) is 1.02. The summed E-state index contributed by atoms with van der Waals surface area (Å²) in [6, 6.07) is 3.76. The minimum atomic E-state index is -0.0910. The lowest BCUT2D eigenvalue weighted by Gasteiger charge is -2.12. The van der Waals surface area contributed by atoms with Crippen LogP contribution in [0.2, 0.25) is 0 Å². The Morgan fingerprint density at radius 2 is 2.14 bits per heavy atom. The third-order valence-electron chi connectivity index (χ3n) is 2.53. The Hall–Kier alpha value is -0.740. The van der Waals surface area contributed by atoms with Crippen molar-refractivity contribution < 1.29 is 10.2 Å². The predicted molar refractivity (Wildman–Crippen MR) is 57.4 cm³/mol. The molecule has 1 atom stereocenters. The molecule has 0 radical (unpaired) electrons. The SMILES string of the molecule is Oc1cc(C2CCCN2)cc(Br)c1O. The van der Waals surface area contributed by atoms with Crippen LogP contribution < -0.4 is 5.32 Å². The molecule has 0 aliphatic carbocycles. The minimum Gasteiger partial charge on any atom is -0.504 e. The highest BCUT2D eigenvalue weighted by atomic mass is 79.9. The molecule has 1 heterocycles.